The molecule has 1 aromatic rings. The van der Waals surface area contributed by atoms with Gasteiger partial charge in [0.2, 0.25) is 0 Å². The molecule has 104 valence electrons. The Morgan fingerprint density at radius 1 is 1.42 bits per heavy atom. The van der Waals surface area contributed by atoms with Crippen molar-refractivity contribution in [2.24, 2.45) is 0 Å². The largest absolute Gasteiger partial charge is 0.335 e. The van der Waals surface area contributed by atoms with Crippen molar-refractivity contribution in [2.75, 3.05) is 26.7 Å². The van der Waals surface area contributed by atoms with Crippen LogP contribution in [0.1, 0.15) is 23.7 Å². The van der Waals surface area contributed by atoms with Crippen LogP contribution in [-0.4, -0.2) is 48.4 Å². The Balaban J connectivity index is 2.20. The Hall–Kier alpha value is -0.580. The molecule has 1 amide bonds. The molecule has 1 fully saturated rings. The van der Waals surface area contributed by atoms with Gasteiger partial charge in [0.1, 0.15) is 0 Å². The Bertz CT molecular complexity index is 481. The van der Waals surface area contributed by atoms with Gasteiger partial charge in [-0.15, -0.1) is 0 Å². The molecule has 1 atom stereocenters. The Kier molecular flexibility index (Phi) is 4.87. The topological polar surface area (TPSA) is 23.6 Å². The number of carbonyl (C=O) groups is 1. The highest BCUT2D eigenvalue weighted by Crippen LogP contribution is 2.24. The molecule has 1 saturated heterocycles. The normalized spacial score (nSPS) is 21.3. The van der Waals surface area contributed by atoms with Crippen molar-refractivity contribution in [1.82, 2.24) is 9.80 Å². The molecule has 1 aliphatic heterocycles. The molecule has 0 N–H and O–H groups in total. The van der Waals surface area contributed by atoms with Gasteiger partial charge >= 0.3 is 0 Å². The fourth-order valence-electron chi connectivity index (χ4n) is 2.47. The lowest BCUT2D eigenvalue weighted by molar-refractivity contribution is 0.0696. The third-order valence-corrected chi connectivity index (χ3v) is 4.69. The Morgan fingerprint density at radius 3 is 2.84 bits per heavy atom. The summed E-state index contributed by atoms with van der Waals surface area (Å²) in [5, 5.41) is 0.625. The number of hydrogen-bond acceptors (Lipinski definition) is 2. The Labute approximate surface area is 127 Å². The van der Waals surface area contributed by atoms with E-state index in [-0.39, 0.29) is 11.9 Å². The van der Waals surface area contributed by atoms with E-state index < -0.39 is 0 Å². The second kappa shape index (κ2) is 6.25. The number of halogens is 2. The van der Waals surface area contributed by atoms with E-state index >= 15 is 0 Å². The summed E-state index contributed by atoms with van der Waals surface area (Å²) in [6.07, 6.45) is 1.02. The van der Waals surface area contributed by atoms with Gasteiger partial charge in [0.05, 0.1) is 5.02 Å². The van der Waals surface area contributed by atoms with E-state index in [1.165, 1.54) is 0 Å². The molecule has 0 aromatic heterocycles. The van der Waals surface area contributed by atoms with Gasteiger partial charge in [0.25, 0.3) is 5.91 Å². The highest BCUT2D eigenvalue weighted by atomic mass is 79.9. The van der Waals surface area contributed by atoms with E-state index in [1.54, 1.807) is 18.2 Å². The maximum Gasteiger partial charge on any atom is 0.254 e. The van der Waals surface area contributed by atoms with Gasteiger partial charge in [-0.3, -0.25) is 4.79 Å². The summed E-state index contributed by atoms with van der Waals surface area (Å²) in [4.78, 5) is 16.8. The van der Waals surface area contributed by atoms with Gasteiger partial charge in [-0.25, -0.2) is 0 Å². The van der Waals surface area contributed by atoms with Crippen LogP contribution >= 0.6 is 27.5 Å². The van der Waals surface area contributed by atoms with Gasteiger partial charge < -0.3 is 9.80 Å². The van der Waals surface area contributed by atoms with Crippen molar-refractivity contribution < 1.29 is 4.79 Å². The van der Waals surface area contributed by atoms with Gasteiger partial charge in [-0.1, -0.05) is 11.6 Å². The van der Waals surface area contributed by atoms with Crippen molar-refractivity contribution in [3.05, 3.63) is 33.3 Å². The molecule has 1 heterocycles. The van der Waals surface area contributed by atoms with Crippen LogP contribution in [0.4, 0.5) is 0 Å². The van der Waals surface area contributed by atoms with Crippen LogP contribution < -0.4 is 0 Å². The minimum absolute atomic E-state index is 0.0835. The molecule has 0 spiro atoms. The number of likely N-dealkylation sites (N-methyl/N-ethyl adjacent to an activating group) is 1. The second-order valence-corrected chi connectivity index (χ2v) is 6.35. The molecular weight excluding hydrogens is 328 g/mol. The van der Waals surface area contributed by atoms with Crippen LogP contribution in [0.3, 0.4) is 0 Å². The predicted molar refractivity (Wildman–Crippen MR) is 81.8 cm³/mol. The molecule has 1 aromatic carbocycles. The number of carbonyl (C=O) groups excluding carboxylic acids is 1. The first-order valence-corrected chi connectivity index (χ1v) is 7.60. The summed E-state index contributed by atoms with van der Waals surface area (Å²) in [6.45, 7) is 4.87. The fourth-order valence-corrected chi connectivity index (χ4v) is 2.97. The van der Waals surface area contributed by atoms with Crippen molar-refractivity contribution >= 4 is 33.4 Å². The zero-order chi connectivity index (χ0) is 14.0. The third kappa shape index (κ3) is 3.50. The molecular formula is C14H18BrClN2O. The molecule has 5 heteroatoms. The van der Waals surface area contributed by atoms with Crippen molar-refractivity contribution in [3.63, 3.8) is 0 Å². The van der Waals surface area contributed by atoms with Crippen LogP contribution in [-0.2, 0) is 0 Å². The molecule has 0 aliphatic carbocycles. The van der Waals surface area contributed by atoms with Crippen LogP contribution in [0.25, 0.3) is 0 Å². The lowest BCUT2D eigenvalue weighted by Crippen LogP contribution is -2.42. The summed E-state index contributed by atoms with van der Waals surface area (Å²) in [5.74, 6) is 0.0835. The van der Waals surface area contributed by atoms with Crippen molar-refractivity contribution in [3.8, 4) is 0 Å². The number of hydrogen-bond donors (Lipinski definition) is 0. The molecule has 0 bridgehead atoms. The standard InChI is InChI=1S/C14H18BrClN2O/c1-10-9-17(2)6-3-7-18(10)14(19)11-4-5-13(16)12(15)8-11/h4-5,8,10H,3,6-7,9H2,1-2H3. The molecule has 0 radical (unpaired) electrons. The number of nitrogens with zero attached hydrogens (tertiary/aromatic N) is 2. The van der Waals surface area contributed by atoms with Crippen molar-refractivity contribution in [1.29, 1.82) is 0 Å². The average molecular weight is 346 g/mol. The maximum absolute atomic E-state index is 12.6. The highest BCUT2D eigenvalue weighted by Gasteiger charge is 2.25. The van der Waals surface area contributed by atoms with E-state index in [4.69, 9.17) is 11.6 Å². The summed E-state index contributed by atoms with van der Waals surface area (Å²) in [6, 6.07) is 5.57. The fraction of sp³-hybridized carbons (Fsp3) is 0.500. The molecule has 1 unspecified atom stereocenters. The van der Waals surface area contributed by atoms with Crippen LogP contribution in [0.15, 0.2) is 22.7 Å². The van der Waals surface area contributed by atoms with E-state index in [1.807, 2.05) is 4.90 Å². The zero-order valence-corrected chi connectivity index (χ0v) is 13.5. The molecule has 1 aliphatic rings. The Morgan fingerprint density at radius 2 is 2.16 bits per heavy atom. The molecule has 19 heavy (non-hydrogen) atoms. The summed E-state index contributed by atoms with van der Waals surface area (Å²) < 4.78 is 0.764. The van der Waals surface area contributed by atoms with Gasteiger partial charge in [0, 0.05) is 29.2 Å². The summed E-state index contributed by atoms with van der Waals surface area (Å²) in [7, 11) is 2.10. The minimum Gasteiger partial charge on any atom is -0.335 e. The monoisotopic (exact) mass is 344 g/mol. The molecule has 2 rings (SSSR count). The first kappa shape index (κ1) is 14.8. The minimum atomic E-state index is 0.0835. The van der Waals surface area contributed by atoms with E-state index in [9.17, 15) is 4.79 Å². The average Bonchev–Trinajstić information content (AvgIpc) is 2.52. The van der Waals surface area contributed by atoms with E-state index in [2.05, 4.69) is 34.8 Å². The van der Waals surface area contributed by atoms with Gasteiger partial charge in [-0.05, 0) is 61.1 Å². The highest BCUT2D eigenvalue weighted by molar-refractivity contribution is 9.10. The van der Waals surface area contributed by atoms with Crippen LogP contribution in [0, 0.1) is 0 Å². The lowest BCUT2D eigenvalue weighted by Gasteiger charge is -2.28. The van der Waals surface area contributed by atoms with Crippen LogP contribution in [0.2, 0.25) is 5.02 Å². The predicted octanol–water partition coefficient (Wildman–Crippen LogP) is 3.27. The maximum atomic E-state index is 12.6. The van der Waals surface area contributed by atoms with Crippen molar-refractivity contribution in [2.45, 2.75) is 19.4 Å². The number of amides is 1. The smallest absolute Gasteiger partial charge is 0.254 e. The van der Waals surface area contributed by atoms with Gasteiger partial charge in [0.15, 0.2) is 0 Å². The SMILES string of the molecule is CC1CN(C)CCCN1C(=O)c1ccc(Cl)c(Br)c1. The van der Waals surface area contributed by atoms with E-state index in [0.717, 1.165) is 30.5 Å². The first-order chi connectivity index (χ1) is 8.99. The lowest BCUT2D eigenvalue weighted by atomic mass is 10.1. The quantitative estimate of drug-likeness (QED) is 0.780. The zero-order valence-electron chi connectivity index (χ0n) is 11.2. The third-order valence-electron chi connectivity index (χ3n) is 3.47. The summed E-state index contributed by atoms with van der Waals surface area (Å²) in [5.41, 5.74) is 0.688. The first-order valence-electron chi connectivity index (χ1n) is 6.43. The van der Waals surface area contributed by atoms with Crippen LogP contribution in [0.5, 0.6) is 0 Å². The second-order valence-electron chi connectivity index (χ2n) is 5.09. The summed E-state index contributed by atoms with van der Waals surface area (Å²) >= 11 is 9.33. The molecule has 0 saturated carbocycles. The molecule has 3 nitrogen and oxygen atoms in total. The number of rotatable bonds is 1. The van der Waals surface area contributed by atoms with Gasteiger partial charge in [-0.2, -0.15) is 0 Å². The van der Waals surface area contributed by atoms with E-state index in [0.29, 0.717) is 10.6 Å². The number of benzene rings is 1.